The van der Waals surface area contributed by atoms with E-state index in [1.807, 2.05) is 0 Å². The van der Waals surface area contributed by atoms with Gasteiger partial charge in [0.05, 0.1) is 0 Å². The van der Waals surface area contributed by atoms with Crippen molar-refractivity contribution in [2.24, 2.45) is 0 Å². The molecule has 1 N–H and O–H groups in total. The lowest BCUT2D eigenvalue weighted by atomic mass is 9.88. The predicted molar refractivity (Wildman–Crippen MR) is 85.1 cm³/mol. The minimum absolute atomic E-state index is 0.808. The quantitative estimate of drug-likeness (QED) is 0.853. The Labute approximate surface area is 125 Å². The van der Waals surface area contributed by atoms with Gasteiger partial charge in [-0.3, -0.25) is 9.80 Å². The van der Waals surface area contributed by atoms with Gasteiger partial charge in [0, 0.05) is 37.8 Å². The van der Waals surface area contributed by atoms with Crippen LogP contribution in [-0.4, -0.2) is 60.6 Å². The van der Waals surface area contributed by atoms with Crippen LogP contribution in [0.4, 0.5) is 0 Å². The normalized spacial score (nSPS) is 36.8. The van der Waals surface area contributed by atoms with E-state index in [-0.39, 0.29) is 0 Å². The van der Waals surface area contributed by atoms with Crippen molar-refractivity contribution in [1.82, 2.24) is 15.1 Å². The summed E-state index contributed by atoms with van der Waals surface area (Å²) in [6.07, 6.45) is 11.3. The first-order chi connectivity index (χ1) is 9.86. The molecule has 1 unspecified atom stereocenters. The second kappa shape index (κ2) is 7.24. The topological polar surface area (TPSA) is 18.5 Å². The van der Waals surface area contributed by atoms with Crippen molar-refractivity contribution >= 4 is 0 Å². The Bertz CT molecular complexity index is 286. The molecule has 2 aliphatic heterocycles. The molecule has 1 atom stereocenters. The van der Waals surface area contributed by atoms with Gasteiger partial charge in [-0.05, 0) is 58.0 Å². The van der Waals surface area contributed by atoms with Crippen LogP contribution in [0, 0.1) is 0 Å². The Kier molecular flexibility index (Phi) is 5.36. The molecule has 0 aromatic heterocycles. The summed E-state index contributed by atoms with van der Waals surface area (Å²) in [5, 5.41) is 3.71. The minimum Gasteiger partial charge on any atom is -0.314 e. The monoisotopic (exact) mass is 279 g/mol. The Morgan fingerprint density at radius 1 is 0.850 bits per heavy atom. The van der Waals surface area contributed by atoms with Gasteiger partial charge in [-0.15, -0.1) is 0 Å². The molecule has 116 valence electrons. The van der Waals surface area contributed by atoms with Crippen LogP contribution in [-0.2, 0) is 0 Å². The summed E-state index contributed by atoms with van der Waals surface area (Å²) in [6, 6.07) is 2.58. The van der Waals surface area contributed by atoms with E-state index >= 15 is 0 Å². The summed E-state index contributed by atoms with van der Waals surface area (Å²) in [7, 11) is 0. The van der Waals surface area contributed by atoms with Crippen LogP contribution in [0.5, 0.6) is 0 Å². The van der Waals surface area contributed by atoms with E-state index in [0.29, 0.717) is 0 Å². The second-order valence-corrected chi connectivity index (χ2v) is 7.14. The largest absolute Gasteiger partial charge is 0.314 e. The lowest BCUT2D eigenvalue weighted by molar-refractivity contribution is 0.0163. The summed E-state index contributed by atoms with van der Waals surface area (Å²) in [4.78, 5) is 5.59. The van der Waals surface area contributed by atoms with Gasteiger partial charge in [0.25, 0.3) is 0 Å². The molecule has 3 rings (SSSR count). The number of piperazine rings is 1. The van der Waals surface area contributed by atoms with Gasteiger partial charge in [-0.25, -0.2) is 0 Å². The lowest BCUT2D eigenvalue weighted by Gasteiger charge is -2.48. The number of fused-ring (bicyclic) bond motifs is 1. The molecule has 3 fully saturated rings. The standard InChI is InChI=1S/C17H33N3/c1-2-10-18-15-6-8-16(9-7-15)20-13-12-19-11-4-3-5-17(19)14-20/h15-18H,2-14H2,1H3. The van der Waals surface area contributed by atoms with E-state index in [1.165, 1.54) is 84.1 Å². The minimum atomic E-state index is 0.808. The molecule has 0 aromatic carbocycles. The van der Waals surface area contributed by atoms with E-state index < -0.39 is 0 Å². The van der Waals surface area contributed by atoms with E-state index in [9.17, 15) is 0 Å². The molecule has 2 saturated heterocycles. The van der Waals surface area contributed by atoms with Crippen LogP contribution < -0.4 is 5.32 Å². The van der Waals surface area contributed by atoms with Crippen molar-refractivity contribution in [3.63, 3.8) is 0 Å². The highest BCUT2D eigenvalue weighted by Crippen LogP contribution is 2.28. The second-order valence-electron chi connectivity index (χ2n) is 7.14. The molecule has 3 nitrogen and oxygen atoms in total. The van der Waals surface area contributed by atoms with Crippen molar-refractivity contribution < 1.29 is 0 Å². The van der Waals surface area contributed by atoms with E-state index in [2.05, 4.69) is 22.0 Å². The van der Waals surface area contributed by atoms with Gasteiger partial charge < -0.3 is 5.32 Å². The summed E-state index contributed by atoms with van der Waals surface area (Å²) in [5.74, 6) is 0. The molecule has 2 heterocycles. The van der Waals surface area contributed by atoms with Gasteiger partial charge in [0.2, 0.25) is 0 Å². The molecule has 0 bridgehead atoms. The van der Waals surface area contributed by atoms with E-state index in [4.69, 9.17) is 0 Å². The highest BCUT2D eigenvalue weighted by Gasteiger charge is 2.33. The summed E-state index contributed by atoms with van der Waals surface area (Å²) >= 11 is 0. The number of nitrogens with zero attached hydrogens (tertiary/aromatic N) is 2. The fourth-order valence-corrected chi connectivity index (χ4v) is 4.51. The van der Waals surface area contributed by atoms with Crippen LogP contribution in [0.15, 0.2) is 0 Å². The van der Waals surface area contributed by atoms with Crippen LogP contribution in [0.2, 0.25) is 0 Å². The van der Waals surface area contributed by atoms with E-state index in [0.717, 1.165) is 18.1 Å². The van der Waals surface area contributed by atoms with E-state index in [1.54, 1.807) is 0 Å². The number of hydrogen-bond donors (Lipinski definition) is 1. The zero-order valence-corrected chi connectivity index (χ0v) is 13.3. The Morgan fingerprint density at radius 2 is 1.65 bits per heavy atom. The fraction of sp³-hybridized carbons (Fsp3) is 1.00. The van der Waals surface area contributed by atoms with Gasteiger partial charge in [-0.2, -0.15) is 0 Å². The third-order valence-corrected chi connectivity index (χ3v) is 5.76. The number of rotatable bonds is 4. The molecule has 0 aromatic rings. The SMILES string of the molecule is CCCNC1CCC(N2CCN3CCCCC3C2)CC1. The molecule has 0 amide bonds. The summed E-state index contributed by atoms with van der Waals surface area (Å²) in [6.45, 7) is 8.86. The van der Waals surface area contributed by atoms with Gasteiger partial charge in [0.15, 0.2) is 0 Å². The lowest BCUT2D eigenvalue weighted by Crippen LogP contribution is -2.57. The van der Waals surface area contributed by atoms with Crippen molar-refractivity contribution in [3.8, 4) is 0 Å². The van der Waals surface area contributed by atoms with Crippen molar-refractivity contribution in [2.75, 3.05) is 32.7 Å². The molecule has 1 saturated carbocycles. The molecular formula is C17H33N3. The van der Waals surface area contributed by atoms with Crippen LogP contribution >= 0.6 is 0 Å². The maximum atomic E-state index is 3.71. The summed E-state index contributed by atoms with van der Waals surface area (Å²) in [5.41, 5.74) is 0. The first-order valence-corrected chi connectivity index (χ1v) is 9.08. The number of piperidine rings is 1. The zero-order valence-electron chi connectivity index (χ0n) is 13.3. The van der Waals surface area contributed by atoms with Crippen LogP contribution in [0.1, 0.15) is 58.3 Å². The molecule has 0 spiro atoms. The maximum absolute atomic E-state index is 3.71. The van der Waals surface area contributed by atoms with Crippen LogP contribution in [0.3, 0.4) is 0 Å². The number of hydrogen-bond acceptors (Lipinski definition) is 3. The average Bonchev–Trinajstić information content (AvgIpc) is 2.53. The smallest absolute Gasteiger partial charge is 0.0223 e. The Hall–Kier alpha value is -0.120. The maximum Gasteiger partial charge on any atom is 0.0223 e. The highest BCUT2D eigenvalue weighted by molar-refractivity contribution is 4.90. The Morgan fingerprint density at radius 3 is 2.45 bits per heavy atom. The number of nitrogens with one attached hydrogen (secondary N) is 1. The molecule has 0 radical (unpaired) electrons. The Balaban J connectivity index is 1.44. The molecule has 3 aliphatic rings. The molecule has 1 aliphatic carbocycles. The third kappa shape index (κ3) is 3.55. The summed E-state index contributed by atoms with van der Waals surface area (Å²) < 4.78 is 0. The van der Waals surface area contributed by atoms with Crippen molar-refractivity contribution in [1.29, 1.82) is 0 Å². The van der Waals surface area contributed by atoms with Gasteiger partial charge >= 0.3 is 0 Å². The van der Waals surface area contributed by atoms with Gasteiger partial charge in [0.1, 0.15) is 0 Å². The zero-order chi connectivity index (χ0) is 13.8. The first kappa shape index (κ1) is 14.8. The van der Waals surface area contributed by atoms with Crippen LogP contribution in [0.25, 0.3) is 0 Å². The molecular weight excluding hydrogens is 246 g/mol. The van der Waals surface area contributed by atoms with Gasteiger partial charge in [-0.1, -0.05) is 13.3 Å². The van der Waals surface area contributed by atoms with Crippen molar-refractivity contribution in [3.05, 3.63) is 0 Å². The molecule has 20 heavy (non-hydrogen) atoms. The molecule has 3 heteroatoms. The predicted octanol–water partition coefficient (Wildman–Crippen LogP) is 2.47. The average molecular weight is 279 g/mol. The van der Waals surface area contributed by atoms with Crippen molar-refractivity contribution in [2.45, 2.75) is 76.4 Å². The fourth-order valence-electron chi connectivity index (χ4n) is 4.51. The third-order valence-electron chi connectivity index (χ3n) is 5.76. The first-order valence-electron chi connectivity index (χ1n) is 9.08. The highest BCUT2D eigenvalue weighted by atomic mass is 15.3.